The Morgan fingerprint density at radius 3 is 2.28 bits per heavy atom. The Balaban J connectivity index is 1.79. The fourth-order valence-corrected chi connectivity index (χ4v) is 3.17. The van der Waals surface area contributed by atoms with Gasteiger partial charge in [0, 0.05) is 25.2 Å². The number of piperazine rings is 1. The summed E-state index contributed by atoms with van der Waals surface area (Å²) in [5.74, 6) is 0. The predicted molar refractivity (Wildman–Crippen MR) is 77.9 cm³/mol. The van der Waals surface area contributed by atoms with Gasteiger partial charge in [0.2, 0.25) is 0 Å². The summed E-state index contributed by atoms with van der Waals surface area (Å²) in [6.07, 6.45) is 2.47. The Hall–Kier alpha value is -0.860. The Bertz CT molecular complexity index is 337. The molecule has 1 aromatic carbocycles. The second-order valence-corrected chi connectivity index (χ2v) is 5.75. The first-order valence-electron chi connectivity index (χ1n) is 7.15. The lowest BCUT2D eigenvalue weighted by molar-refractivity contribution is 0.0516. The molecule has 1 aliphatic rings. The van der Waals surface area contributed by atoms with Crippen LogP contribution >= 0.6 is 0 Å². The van der Waals surface area contributed by atoms with Crippen molar-refractivity contribution < 1.29 is 0 Å². The lowest BCUT2D eigenvalue weighted by Crippen LogP contribution is -2.55. The second kappa shape index (κ2) is 6.35. The zero-order valence-electron chi connectivity index (χ0n) is 12.0. The minimum absolute atomic E-state index is 0.689. The van der Waals surface area contributed by atoms with Crippen LogP contribution in [-0.4, -0.2) is 48.6 Å². The lowest BCUT2D eigenvalue weighted by atomic mass is 10.1. The molecule has 1 aromatic rings. The van der Waals surface area contributed by atoms with Crippen molar-refractivity contribution in [3.8, 4) is 0 Å². The number of hydrogen-bond acceptors (Lipinski definition) is 2. The number of rotatable bonds is 4. The maximum Gasteiger partial charge on any atom is 0.0198 e. The van der Waals surface area contributed by atoms with E-state index in [2.05, 4.69) is 61.0 Å². The smallest absolute Gasteiger partial charge is 0.0198 e. The van der Waals surface area contributed by atoms with Gasteiger partial charge in [-0.15, -0.1) is 0 Å². The van der Waals surface area contributed by atoms with Crippen LogP contribution in [0.4, 0.5) is 0 Å². The molecule has 2 heteroatoms. The maximum absolute atomic E-state index is 2.67. The van der Waals surface area contributed by atoms with Crippen LogP contribution in [0, 0.1) is 0 Å². The number of aryl methyl sites for hydroxylation is 1. The van der Waals surface area contributed by atoms with Gasteiger partial charge in [-0.1, -0.05) is 30.3 Å². The van der Waals surface area contributed by atoms with Crippen LogP contribution in [0.15, 0.2) is 30.3 Å². The molecule has 18 heavy (non-hydrogen) atoms. The van der Waals surface area contributed by atoms with Gasteiger partial charge in [0.25, 0.3) is 0 Å². The molecular formula is C16H26N2. The number of nitrogens with zero attached hydrogens (tertiary/aromatic N) is 2. The van der Waals surface area contributed by atoms with Crippen molar-refractivity contribution in [2.45, 2.75) is 38.8 Å². The molecule has 0 saturated carbocycles. The highest BCUT2D eigenvalue weighted by Crippen LogP contribution is 2.15. The molecule has 0 bridgehead atoms. The molecule has 100 valence electrons. The van der Waals surface area contributed by atoms with E-state index < -0.39 is 0 Å². The highest BCUT2D eigenvalue weighted by Gasteiger charge is 2.26. The molecule has 0 aliphatic carbocycles. The van der Waals surface area contributed by atoms with Crippen molar-refractivity contribution in [2.75, 3.05) is 26.7 Å². The largest absolute Gasteiger partial charge is 0.303 e. The summed E-state index contributed by atoms with van der Waals surface area (Å²) in [7, 11) is 2.23. The summed E-state index contributed by atoms with van der Waals surface area (Å²) in [6, 6.07) is 12.2. The topological polar surface area (TPSA) is 6.48 Å². The minimum atomic E-state index is 0.689. The third-order valence-electron chi connectivity index (χ3n) is 4.01. The Morgan fingerprint density at radius 2 is 1.67 bits per heavy atom. The predicted octanol–water partition coefficient (Wildman–Crippen LogP) is 2.64. The molecular weight excluding hydrogens is 220 g/mol. The molecule has 0 radical (unpaired) electrons. The fraction of sp³-hybridized carbons (Fsp3) is 0.625. The van der Waals surface area contributed by atoms with Crippen molar-refractivity contribution in [1.82, 2.24) is 9.80 Å². The zero-order valence-corrected chi connectivity index (χ0v) is 12.0. The summed E-state index contributed by atoms with van der Waals surface area (Å²) in [6.45, 7) is 8.35. The van der Waals surface area contributed by atoms with E-state index in [0.29, 0.717) is 12.1 Å². The summed E-state index contributed by atoms with van der Waals surface area (Å²) < 4.78 is 0. The Morgan fingerprint density at radius 1 is 1.06 bits per heavy atom. The highest BCUT2D eigenvalue weighted by molar-refractivity contribution is 5.14. The fourth-order valence-electron chi connectivity index (χ4n) is 3.17. The van der Waals surface area contributed by atoms with E-state index in [4.69, 9.17) is 0 Å². The second-order valence-electron chi connectivity index (χ2n) is 5.75. The molecule has 0 amide bonds. The highest BCUT2D eigenvalue weighted by atomic mass is 15.3. The van der Waals surface area contributed by atoms with Crippen LogP contribution in [0.5, 0.6) is 0 Å². The van der Waals surface area contributed by atoms with Crippen LogP contribution in [0.1, 0.15) is 25.8 Å². The maximum atomic E-state index is 2.67. The first-order valence-corrected chi connectivity index (χ1v) is 7.15. The third-order valence-corrected chi connectivity index (χ3v) is 4.01. The third kappa shape index (κ3) is 3.56. The molecule has 0 N–H and O–H groups in total. The molecule has 2 unspecified atom stereocenters. The van der Waals surface area contributed by atoms with E-state index in [1.54, 1.807) is 0 Å². The molecule has 0 aromatic heterocycles. The molecule has 1 heterocycles. The number of likely N-dealkylation sites (N-methyl/N-ethyl adjacent to an activating group) is 1. The summed E-state index contributed by atoms with van der Waals surface area (Å²) in [4.78, 5) is 5.12. The van der Waals surface area contributed by atoms with E-state index >= 15 is 0 Å². The first kappa shape index (κ1) is 13.6. The number of benzene rings is 1. The lowest BCUT2D eigenvalue weighted by Gasteiger charge is -2.43. The van der Waals surface area contributed by atoms with Crippen molar-refractivity contribution in [2.24, 2.45) is 0 Å². The van der Waals surface area contributed by atoms with Crippen LogP contribution in [0.3, 0.4) is 0 Å². The van der Waals surface area contributed by atoms with Crippen molar-refractivity contribution in [3.05, 3.63) is 35.9 Å². The monoisotopic (exact) mass is 246 g/mol. The van der Waals surface area contributed by atoms with Gasteiger partial charge in [0.15, 0.2) is 0 Å². The van der Waals surface area contributed by atoms with Gasteiger partial charge < -0.3 is 4.90 Å². The van der Waals surface area contributed by atoms with Crippen LogP contribution < -0.4 is 0 Å². The molecule has 2 rings (SSSR count). The molecule has 1 aliphatic heterocycles. The molecule has 2 atom stereocenters. The van der Waals surface area contributed by atoms with E-state index in [0.717, 1.165) is 0 Å². The normalized spacial score (nSPS) is 26.4. The van der Waals surface area contributed by atoms with E-state index in [-0.39, 0.29) is 0 Å². The van der Waals surface area contributed by atoms with Gasteiger partial charge in [-0.2, -0.15) is 0 Å². The van der Waals surface area contributed by atoms with E-state index in [1.807, 2.05) is 0 Å². The quantitative estimate of drug-likeness (QED) is 0.806. The van der Waals surface area contributed by atoms with E-state index in [1.165, 1.54) is 38.0 Å². The minimum Gasteiger partial charge on any atom is -0.303 e. The van der Waals surface area contributed by atoms with Crippen LogP contribution in [0.2, 0.25) is 0 Å². The Labute approximate surface area is 112 Å². The van der Waals surface area contributed by atoms with Gasteiger partial charge in [0.1, 0.15) is 0 Å². The van der Waals surface area contributed by atoms with Crippen molar-refractivity contribution in [3.63, 3.8) is 0 Å². The van der Waals surface area contributed by atoms with Crippen molar-refractivity contribution >= 4 is 0 Å². The van der Waals surface area contributed by atoms with E-state index in [9.17, 15) is 0 Å². The van der Waals surface area contributed by atoms with Gasteiger partial charge in [-0.25, -0.2) is 0 Å². The summed E-state index contributed by atoms with van der Waals surface area (Å²) >= 11 is 0. The average Bonchev–Trinajstić information content (AvgIpc) is 2.34. The summed E-state index contributed by atoms with van der Waals surface area (Å²) in [5, 5.41) is 0. The zero-order chi connectivity index (χ0) is 13.0. The molecule has 0 spiro atoms. The van der Waals surface area contributed by atoms with Gasteiger partial charge >= 0.3 is 0 Å². The van der Waals surface area contributed by atoms with Crippen LogP contribution in [0.25, 0.3) is 0 Å². The standard InChI is InChI=1S/C16H26N2/c1-14-12-17(3)13-15(2)18(14)11-7-10-16-8-5-4-6-9-16/h4-6,8-9,14-15H,7,10-13H2,1-3H3. The van der Waals surface area contributed by atoms with Crippen LogP contribution in [-0.2, 0) is 6.42 Å². The Kier molecular flexibility index (Phi) is 4.79. The molecule has 1 fully saturated rings. The molecule has 1 saturated heterocycles. The van der Waals surface area contributed by atoms with Crippen molar-refractivity contribution in [1.29, 1.82) is 0 Å². The van der Waals surface area contributed by atoms with Gasteiger partial charge in [-0.05, 0) is 45.8 Å². The number of hydrogen-bond donors (Lipinski definition) is 0. The first-order chi connectivity index (χ1) is 8.66. The molecule has 2 nitrogen and oxygen atoms in total. The average molecular weight is 246 g/mol. The van der Waals surface area contributed by atoms with Gasteiger partial charge in [-0.3, -0.25) is 4.90 Å². The summed E-state index contributed by atoms with van der Waals surface area (Å²) in [5.41, 5.74) is 1.46. The van der Waals surface area contributed by atoms with Gasteiger partial charge in [0.05, 0.1) is 0 Å². The SMILES string of the molecule is CC1CN(C)CC(C)N1CCCc1ccccc1.